The van der Waals surface area contributed by atoms with Crippen LogP contribution in [0.25, 0.3) is 11.0 Å². The van der Waals surface area contributed by atoms with Crippen molar-refractivity contribution >= 4 is 22.8 Å². The lowest BCUT2D eigenvalue weighted by Gasteiger charge is -2.13. The monoisotopic (exact) mass is 277 g/mol. The van der Waals surface area contributed by atoms with Gasteiger partial charge in [-0.25, -0.2) is 4.98 Å². The van der Waals surface area contributed by atoms with Crippen molar-refractivity contribution in [3.8, 4) is 0 Å². The molecule has 0 bridgehead atoms. The Morgan fingerprint density at radius 2 is 2.16 bits per heavy atom. The predicted octanol–water partition coefficient (Wildman–Crippen LogP) is 3.29. The first-order valence-electron chi connectivity index (χ1n) is 6.92. The first-order valence-corrected chi connectivity index (χ1v) is 8.32. The smallest absolute Gasteiger partial charge is 0.123 e. The highest BCUT2D eigenvalue weighted by molar-refractivity contribution is 7.98. The number of fused-ring (bicyclic) bond motifs is 1. The van der Waals surface area contributed by atoms with Gasteiger partial charge in [0.15, 0.2) is 0 Å². The second-order valence-electron chi connectivity index (χ2n) is 4.82. The third kappa shape index (κ3) is 3.51. The normalized spacial score (nSPS) is 13.0. The van der Waals surface area contributed by atoms with Gasteiger partial charge in [0.1, 0.15) is 5.82 Å². The molecule has 1 heterocycles. The lowest BCUT2D eigenvalue weighted by molar-refractivity contribution is 0.515. The molecule has 0 radical (unpaired) electrons. The summed E-state index contributed by atoms with van der Waals surface area (Å²) in [4.78, 5) is 4.73. The molecule has 0 amide bonds. The number of nitrogens with one attached hydrogen (secondary N) is 1. The Morgan fingerprint density at radius 1 is 1.37 bits per heavy atom. The molecule has 0 saturated carbocycles. The number of thioether (sulfide) groups is 1. The zero-order valence-corrected chi connectivity index (χ0v) is 12.8. The van der Waals surface area contributed by atoms with Crippen LogP contribution in [0, 0.1) is 0 Å². The third-order valence-corrected chi connectivity index (χ3v) is 4.06. The molecule has 0 fully saturated rings. The van der Waals surface area contributed by atoms with Crippen LogP contribution in [0.3, 0.4) is 0 Å². The van der Waals surface area contributed by atoms with E-state index in [4.69, 9.17) is 4.98 Å². The van der Waals surface area contributed by atoms with E-state index in [1.165, 1.54) is 17.7 Å². The molecule has 1 aromatic heterocycles. The average Bonchev–Trinajstić information content (AvgIpc) is 2.80. The molecule has 1 atom stereocenters. The molecule has 0 aliphatic heterocycles. The van der Waals surface area contributed by atoms with Gasteiger partial charge in [-0.05, 0) is 44.4 Å². The Hall–Kier alpha value is -1.00. The SMILES string of the molecule is CCn1c(CNC(C)CCSC)nc2ccccc21. The van der Waals surface area contributed by atoms with Crippen molar-refractivity contribution in [2.24, 2.45) is 0 Å². The summed E-state index contributed by atoms with van der Waals surface area (Å²) in [5.74, 6) is 2.35. The summed E-state index contributed by atoms with van der Waals surface area (Å²) in [6.07, 6.45) is 3.36. The molecule has 1 N–H and O–H groups in total. The van der Waals surface area contributed by atoms with Crippen LogP contribution in [0.15, 0.2) is 24.3 Å². The van der Waals surface area contributed by atoms with Gasteiger partial charge in [0.2, 0.25) is 0 Å². The van der Waals surface area contributed by atoms with E-state index in [-0.39, 0.29) is 0 Å². The number of rotatable bonds is 7. The van der Waals surface area contributed by atoms with Gasteiger partial charge in [-0.15, -0.1) is 0 Å². The maximum atomic E-state index is 4.73. The topological polar surface area (TPSA) is 29.9 Å². The summed E-state index contributed by atoms with van der Waals surface area (Å²) in [6.45, 7) is 6.23. The number of benzene rings is 1. The van der Waals surface area contributed by atoms with E-state index in [2.05, 4.69) is 48.2 Å². The minimum Gasteiger partial charge on any atom is -0.327 e. The maximum absolute atomic E-state index is 4.73. The quantitative estimate of drug-likeness (QED) is 0.842. The van der Waals surface area contributed by atoms with Crippen molar-refractivity contribution < 1.29 is 0 Å². The van der Waals surface area contributed by atoms with Crippen LogP contribution in [-0.2, 0) is 13.1 Å². The molecule has 1 aromatic carbocycles. The number of aromatic nitrogens is 2. The molecule has 0 spiro atoms. The van der Waals surface area contributed by atoms with Crippen LogP contribution >= 0.6 is 11.8 Å². The summed E-state index contributed by atoms with van der Waals surface area (Å²) >= 11 is 1.90. The molecule has 0 aliphatic rings. The molecule has 104 valence electrons. The van der Waals surface area contributed by atoms with Crippen molar-refractivity contribution in [1.29, 1.82) is 0 Å². The predicted molar refractivity (Wildman–Crippen MR) is 84.7 cm³/mol. The van der Waals surface area contributed by atoms with Gasteiger partial charge in [-0.1, -0.05) is 12.1 Å². The summed E-state index contributed by atoms with van der Waals surface area (Å²) in [6, 6.07) is 8.90. The minimum absolute atomic E-state index is 0.539. The fraction of sp³-hybridized carbons (Fsp3) is 0.533. The summed E-state index contributed by atoms with van der Waals surface area (Å²) < 4.78 is 2.30. The van der Waals surface area contributed by atoms with E-state index in [1.54, 1.807) is 0 Å². The molecule has 19 heavy (non-hydrogen) atoms. The second-order valence-corrected chi connectivity index (χ2v) is 5.81. The van der Waals surface area contributed by atoms with E-state index < -0.39 is 0 Å². The number of hydrogen-bond donors (Lipinski definition) is 1. The molecular formula is C15H23N3S. The van der Waals surface area contributed by atoms with Gasteiger partial charge in [0.05, 0.1) is 17.6 Å². The number of imidazole rings is 1. The number of hydrogen-bond acceptors (Lipinski definition) is 3. The van der Waals surface area contributed by atoms with Gasteiger partial charge in [0.25, 0.3) is 0 Å². The van der Waals surface area contributed by atoms with Crippen LogP contribution in [0.4, 0.5) is 0 Å². The molecule has 3 nitrogen and oxygen atoms in total. The average molecular weight is 277 g/mol. The fourth-order valence-electron chi connectivity index (χ4n) is 2.28. The lowest BCUT2D eigenvalue weighted by Crippen LogP contribution is -2.27. The second kappa shape index (κ2) is 6.96. The van der Waals surface area contributed by atoms with Crippen molar-refractivity contribution in [2.45, 2.75) is 39.4 Å². The van der Waals surface area contributed by atoms with E-state index in [0.29, 0.717) is 6.04 Å². The van der Waals surface area contributed by atoms with Crippen molar-refractivity contribution in [2.75, 3.05) is 12.0 Å². The number of aryl methyl sites for hydroxylation is 1. The van der Waals surface area contributed by atoms with Crippen LogP contribution in [0.1, 0.15) is 26.1 Å². The number of para-hydroxylation sites is 2. The largest absolute Gasteiger partial charge is 0.327 e. The van der Waals surface area contributed by atoms with Gasteiger partial charge in [-0.3, -0.25) is 0 Å². The standard InChI is InChI=1S/C15H23N3S/c1-4-18-14-8-6-5-7-13(14)17-15(18)11-16-12(2)9-10-19-3/h5-8,12,16H,4,9-11H2,1-3H3. The van der Waals surface area contributed by atoms with Gasteiger partial charge < -0.3 is 9.88 Å². The third-order valence-electron chi connectivity index (χ3n) is 3.41. The van der Waals surface area contributed by atoms with E-state index in [1.807, 2.05) is 17.8 Å². The van der Waals surface area contributed by atoms with E-state index in [9.17, 15) is 0 Å². The zero-order valence-electron chi connectivity index (χ0n) is 12.0. The van der Waals surface area contributed by atoms with Crippen LogP contribution in [-0.4, -0.2) is 27.6 Å². The van der Waals surface area contributed by atoms with Crippen molar-refractivity contribution in [3.05, 3.63) is 30.1 Å². The molecule has 2 aromatic rings. The Labute approximate surface area is 119 Å². The molecule has 0 aliphatic carbocycles. The highest BCUT2D eigenvalue weighted by atomic mass is 32.2. The van der Waals surface area contributed by atoms with Crippen LogP contribution in [0.5, 0.6) is 0 Å². The highest BCUT2D eigenvalue weighted by Gasteiger charge is 2.09. The van der Waals surface area contributed by atoms with Crippen molar-refractivity contribution in [3.63, 3.8) is 0 Å². The minimum atomic E-state index is 0.539. The van der Waals surface area contributed by atoms with Gasteiger partial charge in [0, 0.05) is 12.6 Å². The molecule has 2 rings (SSSR count). The lowest BCUT2D eigenvalue weighted by atomic mass is 10.2. The van der Waals surface area contributed by atoms with E-state index in [0.717, 1.165) is 24.4 Å². The van der Waals surface area contributed by atoms with Crippen molar-refractivity contribution in [1.82, 2.24) is 14.9 Å². The fourth-order valence-corrected chi connectivity index (χ4v) is 2.86. The first kappa shape index (κ1) is 14.4. The molecule has 0 saturated heterocycles. The summed E-state index contributed by atoms with van der Waals surface area (Å²) in [5, 5.41) is 3.57. The molecule has 4 heteroatoms. The first-order chi connectivity index (χ1) is 9.26. The Morgan fingerprint density at radius 3 is 2.89 bits per heavy atom. The Kier molecular flexibility index (Phi) is 5.28. The molecular weight excluding hydrogens is 254 g/mol. The van der Waals surface area contributed by atoms with E-state index >= 15 is 0 Å². The maximum Gasteiger partial charge on any atom is 0.123 e. The van der Waals surface area contributed by atoms with Gasteiger partial charge in [-0.2, -0.15) is 11.8 Å². The van der Waals surface area contributed by atoms with Gasteiger partial charge >= 0.3 is 0 Å². The van der Waals surface area contributed by atoms with Crippen LogP contribution in [0.2, 0.25) is 0 Å². The Balaban J connectivity index is 2.07. The molecule has 1 unspecified atom stereocenters. The number of nitrogens with zero attached hydrogens (tertiary/aromatic N) is 2. The highest BCUT2D eigenvalue weighted by Crippen LogP contribution is 2.16. The Bertz CT molecular complexity index is 521. The van der Waals surface area contributed by atoms with Crippen LogP contribution < -0.4 is 5.32 Å². The summed E-state index contributed by atoms with van der Waals surface area (Å²) in [7, 11) is 0. The zero-order chi connectivity index (χ0) is 13.7. The summed E-state index contributed by atoms with van der Waals surface area (Å²) in [5.41, 5.74) is 2.33.